The number of rotatable bonds is 5. The van der Waals surface area contributed by atoms with E-state index in [4.69, 9.17) is 11.6 Å². The minimum Gasteiger partial charge on any atom is -0.318 e. The quantitative estimate of drug-likeness (QED) is 0.766. The number of nitrogens with zero attached hydrogens (tertiary/aromatic N) is 4. The van der Waals surface area contributed by atoms with Crippen LogP contribution in [0.2, 0.25) is 5.02 Å². The number of aromatic nitrogens is 4. The molecule has 0 bridgehead atoms. The van der Waals surface area contributed by atoms with Gasteiger partial charge in [-0.2, -0.15) is 19.0 Å². The summed E-state index contributed by atoms with van der Waals surface area (Å²) in [7, 11) is 0. The molecule has 2 heterocycles. The first-order valence-electron chi connectivity index (χ1n) is 6.93. The fourth-order valence-corrected chi connectivity index (χ4v) is 2.18. The molecule has 0 fully saturated rings. The SMILES string of the molecule is O=C(Nc1cnn(Cc2ccc(Cl)cc2)c1)c1ccn(C(F)F)n1. The van der Waals surface area contributed by atoms with E-state index < -0.39 is 12.5 Å². The van der Waals surface area contributed by atoms with E-state index in [2.05, 4.69) is 15.5 Å². The summed E-state index contributed by atoms with van der Waals surface area (Å²) in [6.07, 6.45) is 4.15. The first kappa shape index (κ1) is 16.1. The predicted octanol–water partition coefficient (Wildman–Crippen LogP) is 3.43. The van der Waals surface area contributed by atoms with Gasteiger partial charge >= 0.3 is 6.55 Å². The monoisotopic (exact) mass is 351 g/mol. The van der Waals surface area contributed by atoms with E-state index in [9.17, 15) is 13.6 Å². The highest BCUT2D eigenvalue weighted by Gasteiger charge is 2.14. The van der Waals surface area contributed by atoms with Gasteiger partial charge in [0.05, 0.1) is 18.4 Å². The van der Waals surface area contributed by atoms with Gasteiger partial charge in [-0.05, 0) is 23.8 Å². The molecule has 0 atom stereocenters. The predicted molar refractivity (Wildman–Crippen MR) is 84.2 cm³/mol. The number of carbonyl (C=O) groups is 1. The Morgan fingerprint density at radius 1 is 1.25 bits per heavy atom. The molecule has 3 rings (SSSR count). The molecule has 3 aromatic rings. The molecule has 1 aromatic carbocycles. The minimum absolute atomic E-state index is 0.0965. The van der Waals surface area contributed by atoms with Crippen molar-refractivity contribution >= 4 is 23.2 Å². The summed E-state index contributed by atoms with van der Waals surface area (Å²) in [6.45, 7) is -2.28. The largest absolute Gasteiger partial charge is 0.333 e. The number of alkyl halides is 2. The van der Waals surface area contributed by atoms with Crippen molar-refractivity contribution in [2.45, 2.75) is 13.1 Å². The molecule has 0 spiro atoms. The van der Waals surface area contributed by atoms with Crippen LogP contribution in [0.25, 0.3) is 0 Å². The van der Waals surface area contributed by atoms with Crippen LogP contribution in [0.1, 0.15) is 22.6 Å². The van der Waals surface area contributed by atoms with E-state index in [1.165, 1.54) is 12.3 Å². The molecule has 0 saturated carbocycles. The lowest BCUT2D eigenvalue weighted by Crippen LogP contribution is -2.13. The number of hydrogen-bond acceptors (Lipinski definition) is 3. The normalized spacial score (nSPS) is 11.0. The molecule has 9 heteroatoms. The third-order valence-electron chi connectivity index (χ3n) is 3.19. The second kappa shape index (κ2) is 6.79. The second-order valence-corrected chi connectivity index (χ2v) is 5.40. The minimum atomic E-state index is -2.78. The van der Waals surface area contributed by atoms with E-state index >= 15 is 0 Å². The van der Waals surface area contributed by atoms with Crippen LogP contribution in [0.15, 0.2) is 48.9 Å². The van der Waals surface area contributed by atoms with E-state index in [1.807, 2.05) is 12.1 Å². The standard InChI is InChI=1S/C15H12ClF2N5O/c16-11-3-1-10(2-4-11)8-22-9-12(7-19-22)20-14(24)13-5-6-23(21-13)15(17)18/h1-7,9,15H,8H2,(H,20,24). The van der Waals surface area contributed by atoms with Crippen LogP contribution >= 0.6 is 11.6 Å². The number of hydrogen-bond donors (Lipinski definition) is 1. The number of nitrogens with one attached hydrogen (secondary N) is 1. The maximum atomic E-state index is 12.5. The summed E-state index contributed by atoms with van der Waals surface area (Å²) in [4.78, 5) is 12.0. The summed E-state index contributed by atoms with van der Waals surface area (Å²) < 4.78 is 27.0. The van der Waals surface area contributed by atoms with Gasteiger partial charge in [0.15, 0.2) is 5.69 Å². The van der Waals surface area contributed by atoms with Gasteiger partial charge < -0.3 is 5.32 Å². The summed E-state index contributed by atoms with van der Waals surface area (Å²) in [5, 5.41) is 10.9. The van der Waals surface area contributed by atoms with Crippen LogP contribution in [0.5, 0.6) is 0 Å². The fraction of sp³-hybridized carbons (Fsp3) is 0.133. The van der Waals surface area contributed by atoms with Gasteiger partial charge in [0, 0.05) is 17.4 Å². The summed E-state index contributed by atoms with van der Waals surface area (Å²) >= 11 is 5.83. The molecule has 1 amide bonds. The van der Waals surface area contributed by atoms with Crippen molar-refractivity contribution in [1.29, 1.82) is 0 Å². The summed E-state index contributed by atoms with van der Waals surface area (Å²) in [6, 6.07) is 8.53. The van der Waals surface area contributed by atoms with Crippen molar-refractivity contribution < 1.29 is 13.6 Å². The van der Waals surface area contributed by atoms with Gasteiger partial charge in [-0.15, -0.1) is 0 Å². The maximum Gasteiger partial charge on any atom is 0.333 e. The van der Waals surface area contributed by atoms with Gasteiger partial charge in [0.25, 0.3) is 5.91 Å². The van der Waals surface area contributed by atoms with Crippen molar-refractivity contribution in [3.05, 3.63) is 65.2 Å². The highest BCUT2D eigenvalue weighted by atomic mass is 35.5. The molecule has 0 radical (unpaired) electrons. The third-order valence-corrected chi connectivity index (χ3v) is 3.44. The summed E-state index contributed by atoms with van der Waals surface area (Å²) in [5.41, 5.74) is 1.34. The highest BCUT2D eigenvalue weighted by Crippen LogP contribution is 2.13. The van der Waals surface area contributed by atoms with E-state index in [0.29, 0.717) is 21.9 Å². The van der Waals surface area contributed by atoms with E-state index in [1.54, 1.807) is 23.0 Å². The lowest BCUT2D eigenvalue weighted by atomic mass is 10.2. The third kappa shape index (κ3) is 3.77. The van der Waals surface area contributed by atoms with Gasteiger partial charge in [0.2, 0.25) is 0 Å². The zero-order valence-corrected chi connectivity index (χ0v) is 13.0. The number of benzene rings is 1. The molecule has 24 heavy (non-hydrogen) atoms. The Balaban J connectivity index is 1.64. The van der Waals surface area contributed by atoms with Gasteiger partial charge in [-0.25, -0.2) is 4.68 Å². The Bertz CT molecular complexity index is 844. The van der Waals surface area contributed by atoms with E-state index in [0.717, 1.165) is 11.8 Å². The zero-order valence-electron chi connectivity index (χ0n) is 12.2. The number of halogens is 3. The Kier molecular flexibility index (Phi) is 4.57. The first-order chi connectivity index (χ1) is 11.5. The van der Waals surface area contributed by atoms with Crippen LogP contribution in [0.3, 0.4) is 0 Å². The number of anilines is 1. The van der Waals surface area contributed by atoms with Gasteiger partial charge in [0.1, 0.15) is 0 Å². The number of amides is 1. The average Bonchev–Trinajstić information content (AvgIpc) is 3.19. The smallest absolute Gasteiger partial charge is 0.318 e. The second-order valence-electron chi connectivity index (χ2n) is 4.97. The molecule has 6 nitrogen and oxygen atoms in total. The van der Waals surface area contributed by atoms with Crippen LogP contribution in [0.4, 0.5) is 14.5 Å². The Labute approximate surface area is 140 Å². The van der Waals surface area contributed by atoms with Crippen LogP contribution in [-0.2, 0) is 6.54 Å². The molecule has 0 saturated heterocycles. The topological polar surface area (TPSA) is 64.7 Å². The molecule has 2 aromatic heterocycles. The molecule has 0 aliphatic carbocycles. The van der Waals surface area contributed by atoms with Gasteiger partial charge in [-0.3, -0.25) is 9.48 Å². The maximum absolute atomic E-state index is 12.5. The zero-order chi connectivity index (χ0) is 17.1. The Morgan fingerprint density at radius 2 is 2.00 bits per heavy atom. The average molecular weight is 352 g/mol. The Morgan fingerprint density at radius 3 is 2.67 bits per heavy atom. The lowest BCUT2D eigenvalue weighted by Gasteiger charge is -2.02. The summed E-state index contributed by atoms with van der Waals surface area (Å²) in [5.74, 6) is -0.583. The van der Waals surface area contributed by atoms with Crippen molar-refractivity contribution in [1.82, 2.24) is 19.6 Å². The van der Waals surface area contributed by atoms with Crippen LogP contribution < -0.4 is 5.32 Å². The van der Waals surface area contributed by atoms with Crippen molar-refractivity contribution in [2.75, 3.05) is 5.32 Å². The van der Waals surface area contributed by atoms with Crippen molar-refractivity contribution in [3.63, 3.8) is 0 Å². The molecular formula is C15H12ClF2N5O. The Hall–Kier alpha value is -2.74. The van der Waals surface area contributed by atoms with Gasteiger partial charge in [-0.1, -0.05) is 23.7 Å². The van der Waals surface area contributed by atoms with Crippen molar-refractivity contribution in [2.24, 2.45) is 0 Å². The fourth-order valence-electron chi connectivity index (χ4n) is 2.05. The molecule has 0 aliphatic rings. The first-order valence-corrected chi connectivity index (χ1v) is 7.30. The highest BCUT2D eigenvalue weighted by molar-refractivity contribution is 6.30. The van der Waals surface area contributed by atoms with Crippen LogP contribution in [-0.4, -0.2) is 25.5 Å². The molecular weight excluding hydrogens is 340 g/mol. The van der Waals surface area contributed by atoms with E-state index in [-0.39, 0.29) is 5.69 Å². The molecule has 124 valence electrons. The molecule has 1 N–H and O–H groups in total. The van der Waals surface area contributed by atoms with Crippen molar-refractivity contribution in [3.8, 4) is 0 Å². The lowest BCUT2D eigenvalue weighted by molar-refractivity contribution is 0.0561. The number of carbonyl (C=O) groups excluding carboxylic acids is 1. The molecule has 0 unspecified atom stereocenters. The van der Waals surface area contributed by atoms with Crippen LogP contribution in [0, 0.1) is 0 Å². The molecule has 0 aliphatic heterocycles.